The minimum Gasteiger partial charge on any atom is -0.494 e. The number of ether oxygens (including phenoxy) is 1. The minimum absolute atomic E-state index is 0.146. The zero-order valence-electron chi connectivity index (χ0n) is 13.5. The molecule has 6 heteroatoms. The number of hydrogen-bond donors (Lipinski definition) is 2. The molecular formula is C18H19FN2O3. The molecule has 2 aromatic rings. The first-order valence-corrected chi connectivity index (χ1v) is 7.47. The Hall–Kier alpha value is -2.89. The predicted molar refractivity (Wildman–Crippen MR) is 88.3 cm³/mol. The first kappa shape index (κ1) is 17.5. The number of carbonyl (C=O) groups excluding carboxylic acids is 2. The van der Waals surface area contributed by atoms with Crippen molar-refractivity contribution in [2.75, 3.05) is 13.7 Å². The highest BCUT2D eigenvalue weighted by Gasteiger charge is 2.13. The van der Waals surface area contributed by atoms with Crippen LogP contribution in [0.1, 0.15) is 28.9 Å². The standard InChI is InChI=1S/C18H19FN2O3/c1-12(14-8-9-16(24-2)15(19)10-14)21-17(22)11-20-18(23)13-6-4-3-5-7-13/h3-10,12H,11H2,1-2H3,(H,20,23)(H,21,22). The predicted octanol–water partition coefficient (Wildman–Crippen LogP) is 2.44. The van der Waals surface area contributed by atoms with Crippen LogP contribution in [0.25, 0.3) is 0 Å². The van der Waals surface area contributed by atoms with Gasteiger partial charge < -0.3 is 15.4 Å². The van der Waals surface area contributed by atoms with Crippen molar-refractivity contribution in [3.8, 4) is 5.75 Å². The molecule has 0 aromatic heterocycles. The molecule has 1 atom stereocenters. The molecule has 0 aliphatic rings. The average molecular weight is 330 g/mol. The summed E-state index contributed by atoms with van der Waals surface area (Å²) in [6, 6.07) is 12.7. The van der Waals surface area contributed by atoms with E-state index < -0.39 is 11.9 Å². The van der Waals surface area contributed by atoms with Crippen molar-refractivity contribution < 1.29 is 18.7 Å². The highest BCUT2D eigenvalue weighted by atomic mass is 19.1. The van der Waals surface area contributed by atoms with Crippen molar-refractivity contribution in [3.63, 3.8) is 0 Å². The lowest BCUT2D eigenvalue weighted by Gasteiger charge is -2.15. The van der Waals surface area contributed by atoms with Gasteiger partial charge in [-0.2, -0.15) is 0 Å². The van der Waals surface area contributed by atoms with Gasteiger partial charge in [-0.05, 0) is 36.8 Å². The molecule has 2 aromatic carbocycles. The first-order valence-electron chi connectivity index (χ1n) is 7.47. The lowest BCUT2D eigenvalue weighted by atomic mass is 10.1. The van der Waals surface area contributed by atoms with Crippen LogP contribution in [-0.4, -0.2) is 25.5 Å². The summed E-state index contributed by atoms with van der Waals surface area (Å²) in [5, 5.41) is 5.25. The molecule has 0 aliphatic heterocycles. The van der Waals surface area contributed by atoms with E-state index in [0.29, 0.717) is 11.1 Å². The largest absolute Gasteiger partial charge is 0.494 e. The Labute approximate surface area is 139 Å². The molecule has 2 N–H and O–H groups in total. The third kappa shape index (κ3) is 4.55. The van der Waals surface area contributed by atoms with Gasteiger partial charge in [0.15, 0.2) is 11.6 Å². The maximum absolute atomic E-state index is 13.7. The Morgan fingerprint density at radius 1 is 1.17 bits per heavy atom. The van der Waals surface area contributed by atoms with Crippen molar-refractivity contribution in [1.82, 2.24) is 10.6 Å². The molecule has 1 unspecified atom stereocenters. The molecule has 0 fully saturated rings. The summed E-state index contributed by atoms with van der Waals surface area (Å²) < 4.78 is 18.6. The molecule has 0 bridgehead atoms. The lowest BCUT2D eigenvalue weighted by molar-refractivity contribution is -0.120. The Kier molecular flexibility index (Phi) is 5.89. The van der Waals surface area contributed by atoms with Crippen molar-refractivity contribution in [2.45, 2.75) is 13.0 Å². The molecule has 0 saturated heterocycles. The quantitative estimate of drug-likeness (QED) is 0.855. The van der Waals surface area contributed by atoms with Crippen molar-refractivity contribution in [3.05, 3.63) is 65.5 Å². The number of rotatable bonds is 6. The van der Waals surface area contributed by atoms with Crippen molar-refractivity contribution >= 4 is 11.8 Å². The van der Waals surface area contributed by atoms with Crippen LogP contribution in [0.2, 0.25) is 0 Å². The van der Waals surface area contributed by atoms with Crippen LogP contribution in [0, 0.1) is 5.82 Å². The van der Waals surface area contributed by atoms with Gasteiger partial charge in [-0.15, -0.1) is 0 Å². The van der Waals surface area contributed by atoms with Crippen LogP contribution < -0.4 is 15.4 Å². The fraction of sp³-hybridized carbons (Fsp3) is 0.222. The van der Waals surface area contributed by atoms with Gasteiger partial charge in [0.2, 0.25) is 5.91 Å². The van der Waals surface area contributed by atoms with Crippen LogP contribution in [0.5, 0.6) is 5.75 Å². The zero-order chi connectivity index (χ0) is 17.5. The Balaban J connectivity index is 1.87. The lowest BCUT2D eigenvalue weighted by Crippen LogP contribution is -2.38. The maximum atomic E-state index is 13.7. The van der Waals surface area contributed by atoms with Crippen LogP contribution in [0.3, 0.4) is 0 Å². The summed E-state index contributed by atoms with van der Waals surface area (Å²) in [6.07, 6.45) is 0. The second-order valence-electron chi connectivity index (χ2n) is 5.23. The van der Waals surface area contributed by atoms with E-state index in [9.17, 15) is 14.0 Å². The van der Waals surface area contributed by atoms with E-state index in [2.05, 4.69) is 10.6 Å². The van der Waals surface area contributed by atoms with Gasteiger partial charge >= 0.3 is 0 Å². The van der Waals surface area contributed by atoms with Gasteiger partial charge in [-0.1, -0.05) is 24.3 Å². The van der Waals surface area contributed by atoms with E-state index in [1.165, 1.54) is 19.2 Å². The van der Waals surface area contributed by atoms with Gasteiger partial charge in [0.25, 0.3) is 5.91 Å². The topological polar surface area (TPSA) is 67.4 Å². The molecule has 0 aliphatic carbocycles. The normalized spacial score (nSPS) is 11.5. The number of methoxy groups -OCH3 is 1. The molecule has 0 spiro atoms. The summed E-state index contributed by atoms with van der Waals surface area (Å²) >= 11 is 0. The van der Waals surface area contributed by atoms with E-state index in [-0.39, 0.29) is 24.1 Å². The average Bonchev–Trinajstić information content (AvgIpc) is 2.60. The molecular weight excluding hydrogens is 311 g/mol. The number of amides is 2. The highest BCUT2D eigenvalue weighted by Crippen LogP contribution is 2.21. The van der Waals surface area contributed by atoms with Crippen LogP contribution in [0.15, 0.2) is 48.5 Å². The molecule has 0 heterocycles. The van der Waals surface area contributed by atoms with Gasteiger partial charge in [0.05, 0.1) is 19.7 Å². The molecule has 0 radical (unpaired) electrons. The van der Waals surface area contributed by atoms with E-state index in [1.807, 2.05) is 0 Å². The summed E-state index contributed by atoms with van der Waals surface area (Å²) in [6.45, 7) is 1.58. The molecule has 24 heavy (non-hydrogen) atoms. The first-order chi connectivity index (χ1) is 11.5. The SMILES string of the molecule is COc1ccc(C(C)NC(=O)CNC(=O)c2ccccc2)cc1F. The number of benzene rings is 2. The van der Waals surface area contributed by atoms with Crippen LogP contribution >= 0.6 is 0 Å². The Morgan fingerprint density at radius 2 is 1.88 bits per heavy atom. The summed E-state index contributed by atoms with van der Waals surface area (Å²) in [4.78, 5) is 23.8. The second kappa shape index (κ2) is 8.10. The van der Waals surface area contributed by atoms with Gasteiger partial charge in [-0.3, -0.25) is 9.59 Å². The fourth-order valence-corrected chi connectivity index (χ4v) is 2.18. The fourth-order valence-electron chi connectivity index (χ4n) is 2.18. The monoisotopic (exact) mass is 330 g/mol. The number of halogens is 1. The maximum Gasteiger partial charge on any atom is 0.251 e. The van der Waals surface area contributed by atoms with E-state index in [1.54, 1.807) is 43.3 Å². The molecule has 5 nitrogen and oxygen atoms in total. The van der Waals surface area contributed by atoms with Gasteiger partial charge in [0.1, 0.15) is 0 Å². The smallest absolute Gasteiger partial charge is 0.251 e. The molecule has 126 valence electrons. The Morgan fingerprint density at radius 3 is 2.50 bits per heavy atom. The van der Waals surface area contributed by atoms with E-state index >= 15 is 0 Å². The van der Waals surface area contributed by atoms with Crippen molar-refractivity contribution in [2.24, 2.45) is 0 Å². The molecule has 2 amide bonds. The Bertz CT molecular complexity index is 719. The van der Waals surface area contributed by atoms with Crippen LogP contribution in [-0.2, 0) is 4.79 Å². The van der Waals surface area contributed by atoms with Crippen LogP contribution in [0.4, 0.5) is 4.39 Å². The van der Waals surface area contributed by atoms with Gasteiger partial charge in [-0.25, -0.2) is 4.39 Å². The third-order valence-electron chi connectivity index (χ3n) is 3.50. The highest BCUT2D eigenvalue weighted by molar-refractivity contribution is 5.96. The summed E-state index contributed by atoms with van der Waals surface area (Å²) in [7, 11) is 1.39. The van der Waals surface area contributed by atoms with E-state index in [4.69, 9.17) is 4.74 Å². The van der Waals surface area contributed by atoms with E-state index in [0.717, 1.165) is 0 Å². The zero-order valence-corrected chi connectivity index (χ0v) is 13.5. The summed E-state index contributed by atoms with van der Waals surface area (Å²) in [5.41, 5.74) is 1.09. The number of nitrogens with one attached hydrogen (secondary N) is 2. The third-order valence-corrected chi connectivity index (χ3v) is 3.50. The number of hydrogen-bond acceptors (Lipinski definition) is 3. The summed E-state index contributed by atoms with van der Waals surface area (Å²) in [5.74, 6) is -1.03. The number of carbonyl (C=O) groups is 2. The van der Waals surface area contributed by atoms with Gasteiger partial charge in [0, 0.05) is 5.56 Å². The molecule has 2 rings (SSSR count). The minimum atomic E-state index is -0.492. The van der Waals surface area contributed by atoms with Crippen molar-refractivity contribution in [1.29, 1.82) is 0 Å². The second-order valence-corrected chi connectivity index (χ2v) is 5.23. The molecule has 0 saturated carbocycles.